The number of hydrogen-bond donors (Lipinski definition) is 1. The molecule has 1 aromatic rings. The van der Waals surface area contributed by atoms with Crippen LogP contribution < -0.4 is 5.32 Å². The van der Waals surface area contributed by atoms with Gasteiger partial charge in [-0.3, -0.25) is 4.79 Å². The summed E-state index contributed by atoms with van der Waals surface area (Å²) in [5, 5.41) is 2.90. The molecular weight excluding hydrogens is 310 g/mol. The molecule has 1 aromatic carbocycles. The molecule has 0 spiro atoms. The van der Waals surface area contributed by atoms with Gasteiger partial charge in [0.05, 0.1) is 4.90 Å². The van der Waals surface area contributed by atoms with E-state index >= 15 is 0 Å². The first-order valence-electron chi connectivity index (χ1n) is 6.89. The molecule has 0 heterocycles. The first kappa shape index (κ1) is 18.0. The normalized spacial score (nSPS) is 13.3. The maximum absolute atomic E-state index is 12.3. The third-order valence-electron chi connectivity index (χ3n) is 3.37. The quantitative estimate of drug-likeness (QED) is 0.841. The lowest BCUT2D eigenvalue weighted by molar-refractivity contribution is 0.0935. The average Bonchev–Trinajstić information content (AvgIpc) is 2.29. The van der Waals surface area contributed by atoms with E-state index in [0.717, 1.165) is 17.5 Å². The summed E-state index contributed by atoms with van der Waals surface area (Å²) < 4.78 is 22.9. The zero-order valence-corrected chi connectivity index (χ0v) is 14.6. The molecule has 4 nitrogen and oxygen atoms in total. The summed E-state index contributed by atoms with van der Waals surface area (Å²) in [6, 6.07) is 2.84. The molecule has 1 atom stereocenters. The summed E-state index contributed by atoms with van der Waals surface area (Å²) >= 11 is 0. The van der Waals surface area contributed by atoms with Crippen LogP contribution in [0.1, 0.15) is 48.7 Å². The van der Waals surface area contributed by atoms with E-state index in [-0.39, 0.29) is 16.8 Å². The van der Waals surface area contributed by atoms with Crippen LogP contribution in [0, 0.1) is 19.8 Å². The van der Waals surface area contributed by atoms with Crippen molar-refractivity contribution in [1.29, 1.82) is 0 Å². The van der Waals surface area contributed by atoms with Crippen molar-refractivity contribution in [2.75, 3.05) is 0 Å². The molecule has 1 amide bonds. The molecule has 1 rings (SSSR count). The van der Waals surface area contributed by atoms with Gasteiger partial charge in [0.2, 0.25) is 0 Å². The van der Waals surface area contributed by atoms with Gasteiger partial charge in [-0.1, -0.05) is 13.8 Å². The van der Waals surface area contributed by atoms with Crippen LogP contribution in [0.2, 0.25) is 0 Å². The van der Waals surface area contributed by atoms with Crippen LogP contribution in [0.3, 0.4) is 0 Å². The van der Waals surface area contributed by atoms with Crippen molar-refractivity contribution in [2.45, 2.75) is 52.0 Å². The summed E-state index contributed by atoms with van der Waals surface area (Å²) in [4.78, 5) is 12.3. The first-order chi connectivity index (χ1) is 9.52. The van der Waals surface area contributed by atoms with Crippen LogP contribution >= 0.6 is 10.7 Å². The predicted octanol–water partition coefficient (Wildman–Crippen LogP) is 3.40. The van der Waals surface area contributed by atoms with Gasteiger partial charge in [0.15, 0.2) is 0 Å². The third kappa shape index (κ3) is 5.00. The summed E-state index contributed by atoms with van der Waals surface area (Å²) in [7, 11) is 1.52. The second-order valence-corrected chi connectivity index (χ2v) is 8.42. The highest BCUT2D eigenvalue weighted by atomic mass is 35.7. The molecule has 0 fully saturated rings. The maximum atomic E-state index is 12.3. The second-order valence-electron chi connectivity index (χ2n) is 5.85. The van der Waals surface area contributed by atoms with Crippen LogP contribution in [0.5, 0.6) is 0 Å². The number of carbonyl (C=O) groups excluding carboxylic acids is 1. The maximum Gasteiger partial charge on any atom is 0.261 e. The van der Waals surface area contributed by atoms with Crippen molar-refractivity contribution in [3.8, 4) is 0 Å². The molecule has 0 saturated heterocycles. The van der Waals surface area contributed by atoms with Gasteiger partial charge in [0.25, 0.3) is 15.0 Å². The highest BCUT2D eigenvalue weighted by Crippen LogP contribution is 2.22. The zero-order valence-electron chi connectivity index (χ0n) is 13.0. The first-order valence-corrected chi connectivity index (χ1v) is 9.20. The van der Waals surface area contributed by atoms with Crippen LogP contribution in [0.4, 0.5) is 0 Å². The fourth-order valence-electron chi connectivity index (χ4n) is 2.27. The minimum Gasteiger partial charge on any atom is -0.350 e. The molecule has 0 aliphatic rings. The number of nitrogens with one attached hydrogen (secondary N) is 1. The van der Waals surface area contributed by atoms with Crippen molar-refractivity contribution in [1.82, 2.24) is 5.32 Å². The Labute approximate surface area is 131 Å². The van der Waals surface area contributed by atoms with Crippen LogP contribution in [0.25, 0.3) is 0 Å². The van der Waals surface area contributed by atoms with E-state index in [2.05, 4.69) is 19.2 Å². The van der Waals surface area contributed by atoms with Gasteiger partial charge < -0.3 is 5.32 Å². The number of benzene rings is 1. The minimum atomic E-state index is -3.85. The Morgan fingerprint density at radius 3 is 2.29 bits per heavy atom. The Morgan fingerprint density at radius 2 is 1.81 bits per heavy atom. The lowest BCUT2D eigenvalue weighted by atomic mass is 10.0. The molecular formula is C15H22ClNO3S. The van der Waals surface area contributed by atoms with Gasteiger partial charge in [-0.25, -0.2) is 8.42 Å². The van der Waals surface area contributed by atoms with E-state index in [4.69, 9.17) is 10.7 Å². The SMILES string of the molecule is Cc1cc(S(=O)(=O)Cl)cc(C(=O)NC(C)CC(C)C)c1C. The molecule has 21 heavy (non-hydrogen) atoms. The summed E-state index contributed by atoms with van der Waals surface area (Å²) in [5.74, 6) is 0.198. The van der Waals surface area contributed by atoms with E-state index in [9.17, 15) is 13.2 Å². The number of aryl methyl sites for hydroxylation is 1. The van der Waals surface area contributed by atoms with Gasteiger partial charge in [-0.2, -0.15) is 0 Å². The molecule has 0 saturated carbocycles. The molecule has 0 aliphatic carbocycles. The summed E-state index contributed by atoms with van der Waals surface area (Å²) in [6.07, 6.45) is 0.858. The van der Waals surface area contributed by atoms with Crippen molar-refractivity contribution in [2.24, 2.45) is 5.92 Å². The minimum absolute atomic E-state index is 0.0217. The molecule has 6 heteroatoms. The molecule has 0 aliphatic heterocycles. The predicted molar refractivity (Wildman–Crippen MR) is 85.3 cm³/mol. The van der Waals surface area contributed by atoms with Gasteiger partial charge in [0, 0.05) is 22.3 Å². The monoisotopic (exact) mass is 331 g/mol. The van der Waals surface area contributed by atoms with Gasteiger partial charge >= 0.3 is 0 Å². The molecule has 0 radical (unpaired) electrons. The standard InChI is InChI=1S/C15H22ClNO3S/c1-9(2)6-11(4)17-15(18)14-8-13(21(16,19)20)7-10(3)12(14)5/h7-9,11H,6H2,1-5H3,(H,17,18). The fourth-order valence-corrected chi connectivity index (χ4v) is 3.11. The van der Waals surface area contributed by atoms with Crippen LogP contribution in [-0.4, -0.2) is 20.4 Å². The largest absolute Gasteiger partial charge is 0.350 e. The molecule has 1 unspecified atom stereocenters. The Bertz CT molecular complexity index is 639. The van der Waals surface area contributed by atoms with Gasteiger partial charge in [0.1, 0.15) is 0 Å². The summed E-state index contributed by atoms with van der Waals surface area (Å²) in [6.45, 7) is 9.65. The van der Waals surface area contributed by atoms with Crippen LogP contribution in [-0.2, 0) is 9.05 Å². The number of halogens is 1. The molecule has 1 N–H and O–H groups in total. The number of amides is 1. The van der Waals surface area contributed by atoms with Crippen molar-refractivity contribution >= 4 is 25.6 Å². The van der Waals surface area contributed by atoms with E-state index in [1.54, 1.807) is 13.8 Å². The summed E-state index contributed by atoms with van der Waals surface area (Å²) in [5.41, 5.74) is 1.83. The van der Waals surface area contributed by atoms with E-state index in [1.165, 1.54) is 12.1 Å². The fraction of sp³-hybridized carbons (Fsp3) is 0.533. The van der Waals surface area contributed by atoms with Crippen molar-refractivity contribution < 1.29 is 13.2 Å². The number of carbonyl (C=O) groups is 1. The number of rotatable bonds is 5. The smallest absolute Gasteiger partial charge is 0.261 e. The Balaban J connectivity index is 3.12. The van der Waals surface area contributed by atoms with E-state index in [1.807, 2.05) is 6.92 Å². The second kappa shape index (κ2) is 6.79. The van der Waals surface area contributed by atoms with Gasteiger partial charge in [-0.05, 0) is 56.4 Å². The highest BCUT2D eigenvalue weighted by molar-refractivity contribution is 8.13. The van der Waals surface area contributed by atoms with Crippen molar-refractivity contribution in [3.63, 3.8) is 0 Å². The lowest BCUT2D eigenvalue weighted by Gasteiger charge is -2.17. The van der Waals surface area contributed by atoms with E-state index in [0.29, 0.717) is 11.5 Å². The number of hydrogen-bond acceptors (Lipinski definition) is 3. The average molecular weight is 332 g/mol. The van der Waals surface area contributed by atoms with Gasteiger partial charge in [-0.15, -0.1) is 0 Å². The zero-order chi connectivity index (χ0) is 16.4. The van der Waals surface area contributed by atoms with Crippen molar-refractivity contribution in [3.05, 3.63) is 28.8 Å². The van der Waals surface area contributed by atoms with Crippen LogP contribution in [0.15, 0.2) is 17.0 Å². The molecule has 0 bridgehead atoms. The highest BCUT2D eigenvalue weighted by Gasteiger charge is 2.19. The Hall–Kier alpha value is -1.07. The Kier molecular flexibility index (Phi) is 5.82. The molecule has 0 aromatic heterocycles. The lowest BCUT2D eigenvalue weighted by Crippen LogP contribution is -2.34. The molecule has 118 valence electrons. The third-order valence-corrected chi connectivity index (χ3v) is 4.70. The Morgan fingerprint density at radius 1 is 1.24 bits per heavy atom. The van der Waals surface area contributed by atoms with E-state index < -0.39 is 9.05 Å². The topological polar surface area (TPSA) is 63.2 Å².